The molecular weight excluding hydrogens is 316 g/mol. The van der Waals surface area contributed by atoms with Crippen molar-refractivity contribution in [1.29, 1.82) is 0 Å². The fraction of sp³-hybridized carbons (Fsp3) is 0.250. The monoisotopic (exact) mass is 332 g/mol. The van der Waals surface area contributed by atoms with Gasteiger partial charge in [0.25, 0.3) is 0 Å². The number of amides is 2. The second kappa shape index (κ2) is 7.15. The van der Waals surface area contributed by atoms with Gasteiger partial charge in [0.05, 0.1) is 13.0 Å². The summed E-state index contributed by atoms with van der Waals surface area (Å²) in [6, 6.07) is 9.29. The smallest absolute Gasteiger partial charge is 0.239 e. The lowest BCUT2D eigenvalue weighted by Crippen LogP contribution is -2.37. The average Bonchev–Trinajstić information content (AvgIpc) is 3.21. The number of ether oxygens (including phenoxy) is 2. The van der Waals surface area contributed by atoms with Crippen LogP contribution in [0.15, 0.2) is 35.7 Å². The fourth-order valence-corrected chi connectivity index (χ4v) is 2.83. The van der Waals surface area contributed by atoms with Gasteiger partial charge in [-0.1, -0.05) is 12.1 Å². The highest BCUT2D eigenvalue weighted by atomic mass is 32.1. The standard InChI is InChI=1S/C16H16N2O4S/c19-15(7-12-2-1-5-23-12)18-9-16(20)17-8-11-3-4-13-14(6-11)22-10-21-13/h1-6H,7-10H2,(H,17,20)(H,18,19). The molecule has 0 atom stereocenters. The molecule has 7 heteroatoms. The second-order valence-electron chi connectivity index (χ2n) is 5.00. The zero-order chi connectivity index (χ0) is 16.1. The Hall–Kier alpha value is -2.54. The number of nitrogens with one attached hydrogen (secondary N) is 2. The summed E-state index contributed by atoms with van der Waals surface area (Å²) in [4.78, 5) is 24.5. The first-order valence-corrected chi connectivity index (χ1v) is 8.03. The van der Waals surface area contributed by atoms with E-state index in [1.807, 2.05) is 35.7 Å². The molecule has 0 fully saturated rings. The molecule has 0 spiro atoms. The van der Waals surface area contributed by atoms with Gasteiger partial charge in [0.2, 0.25) is 18.6 Å². The number of benzene rings is 1. The van der Waals surface area contributed by atoms with Crippen molar-refractivity contribution in [2.45, 2.75) is 13.0 Å². The Morgan fingerprint density at radius 2 is 1.96 bits per heavy atom. The van der Waals surface area contributed by atoms with E-state index in [9.17, 15) is 9.59 Å². The van der Waals surface area contributed by atoms with Crippen LogP contribution in [0.4, 0.5) is 0 Å². The van der Waals surface area contributed by atoms with Crippen LogP contribution in [0.5, 0.6) is 11.5 Å². The van der Waals surface area contributed by atoms with Crippen LogP contribution in [0.2, 0.25) is 0 Å². The first-order valence-electron chi connectivity index (χ1n) is 7.15. The molecule has 3 rings (SSSR count). The van der Waals surface area contributed by atoms with Crippen LogP contribution >= 0.6 is 11.3 Å². The molecule has 2 N–H and O–H groups in total. The number of carbonyl (C=O) groups is 2. The van der Waals surface area contributed by atoms with E-state index >= 15 is 0 Å². The molecule has 0 aliphatic carbocycles. The molecule has 0 radical (unpaired) electrons. The normalized spacial score (nSPS) is 12.0. The molecule has 2 aromatic rings. The van der Waals surface area contributed by atoms with E-state index in [-0.39, 0.29) is 25.2 Å². The molecule has 1 aliphatic rings. The third-order valence-corrected chi connectivity index (χ3v) is 4.16. The second-order valence-corrected chi connectivity index (χ2v) is 6.03. The highest BCUT2D eigenvalue weighted by Gasteiger charge is 2.13. The quantitative estimate of drug-likeness (QED) is 0.839. The first-order chi connectivity index (χ1) is 11.2. The molecular formula is C16H16N2O4S. The topological polar surface area (TPSA) is 76.7 Å². The van der Waals surface area contributed by atoms with Crippen molar-refractivity contribution >= 4 is 23.2 Å². The first kappa shape index (κ1) is 15.4. The zero-order valence-electron chi connectivity index (χ0n) is 12.3. The van der Waals surface area contributed by atoms with Gasteiger partial charge in [-0.15, -0.1) is 11.3 Å². The van der Waals surface area contributed by atoms with E-state index in [1.54, 1.807) is 0 Å². The third kappa shape index (κ3) is 4.23. The summed E-state index contributed by atoms with van der Waals surface area (Å²) in [5, 5.41) is 7.28. The van der Waals surface area contributed by atoms with Gasteiger partial charge in [-0.3, -0.25) is 9.59 Å². The molecule has 1 aromatic carbocycles. The van der Waals surface area contributed by atoms with E-state index in [1.165, 1.54) is 11.3 Å². The molecule has 0 saturated heterocycles. The van der Waals surface area contributed by atoms with Gasteiger partial charge < -0.3 is 20.1 Å². The number of thiophene rings is 1. The fourth-order valence-electron chi connectivity index (χ4n) is 2.13. The number of rotatable bonds is 6. The van der Waals surface area contributed by atoms with Crippen molar-refractivity contribution in [1.82, 2.24) is 10.6 Å². The Morgan fingerprint density at radius 1 is 1.09 bits per heavy atom. The summed E-state index contributed by atoms with van der Waals surface area (Å²) in [5.41, 5.74) is 0.910. The van der Waals surface area contributed by atoms with Crippen LogP contribution in [-0.2, 0) is 22.6 Å². The van der Waals surface area contributed by atoms with Crippen LogP contribution in [0.3, 0.4) is 0 Å². The van der Waals surface area contributed by atoms with E-state index in [0.29, 0.717) is 24.5 Å². The van der Waals surface area contributed by atoms with E-state index in [2.05, 4.69) is 10.6 Å². The number of fused-ring (bicyclic) bond motifs is 1. The number of hydrogen-bond acceptors (Lipinski definition) is 5. The number of hydrogen-bond donors (Lipinski definition) is 2. The van der Waals surface area contributed by atoms with Gasteiger partial charge in [-0.05, 0) is 29.1 Å². The lowest BCUT2D eigenvalue weighted by Gasteiger charge is -2.07. The van der Waals surface area contributed by atoms with Crippen LogP contribution < -0.4 is 20.1 Å². The van der Waals surface area contributed by atoms with E-state index < -0.39 is 0 Å². The highest BCUT2D eigenvalue weighted by Crippen LogP contribution is 2.32. The summed E-state index contributed by atoms with van der Waals surface area (Å²) >= 11 is 1.52. The maximum atomic E-state index is 11.8. The summed E-state index contributed by atoms with van der Waals surface area (Å²) in [7, 11) is 0. The predicted molar refractivity (Wildman–Crippen MR) is 85.4 cm³/mol. The van der Waals surface area contributed by atoms with Crippen LogP contribution in [0.25, 0.3) is 0 Å². The SMILES string of the molecule is O=C(CNC(=O)Cc1cccs1)NCc1ccc2c(c1)OCO2. The lowest BCUT2D eigenvalue weighted by molar-refractivity contribution is -0.125. The Morgan fingerprint density at radius 3 is 2.78 bits per heavy atom. The minimum absolute atomic E-state index is 0.0330. The summed E-state index contributed by atoms with van der Waals surface area (Å²) in [5.74, 6) is 0.995. The molecule has 2 heterocycles. The summed E-state index contributed by atoms with van der Waals surface area (Å²) < 4.78 is 10.5. The third-order valence-electron chi connectivity index (χ3n) is 3.29. The van der Waals surface area contributed by atoms with Crippen LogP contribution in [0, 0.1) is 0 Å². The maximum Gasteiger partial charge on any atom is 0.239 e. The largest absolute Gasteiger partial charge is 0.454 e. The van der Waals surface area contributed by atoms with Crippen molar-refractivity contribution in [2.75, 3.05) is 13.3 Å². The Balaban J connectivity index is 1.40. The van der Waals surface area contributed by atoms with Crippen molar-refractivity contribution in [3.05, 3.63) is 46.2 Å². The maximum absolute atomic E-state index is 11.8. The molecule has 1 aliphatic heterocycles. The van der Waals surface area contributed by atoms with E-state index in [4.69, 9.17) is 9.47 Å². The summed E-state index contributed by atoms with van der Waals surface area (Å²) in [6.07, 6.45) is 0.299. The van der Waals surface area contributed by atoms with Crippen LogP contribution in [-0.4, -0.2) is 25.2 Å². The minimum atomic E-state index is -0.234. The Kier molecular flexibility index (Phi) is 4.77. The predicted octanol–water partition coefficient (Wildman–Crippen LogP) is 1.45. The van der Waals surface area contributed by atoms with E-state index in [0.717, 1.165) is 10.4 Å². The van der Waals surface area contributed by atoms with Crippen molar-refractivity contribution < 1.29 is 19.1 Å². The molecule has 6 nitrogen and oxygen atoms in total. The molecule has 2 amide bonds. The molecule has 23 heavy (non-hydrogen) atoms. The van der Waals surface area contributed by atoms with Crippen molar-refractivity contribution in [2.24, 2.45) is 0 Å². The average molecular weight is 332 g/mol. The van der Waals surface area contributed by atoms with Gasteiger partial charge in [-0.2, -0.15) is 0 Å². The van der Waals surface area contributed by atoms with Crippen molar-refractivity contribution in [3.8, 4) is 11.5 Å². The van der Waals surface area contributed by atoms with Gasteiger partial charge in [0, 0.05) is 11.4 Å². The minimum Gasteiger partial charge on any atom is -0.454 e. The van der Waals surface area contributed by atoms with Crippen molar-refractivity contribution in [3.63, 3.8) is 0 Å². The Bertz CT molecular complexity index is 700. The molecule has 1 aromatic heterocycles. The molecule has 0 bridgehead atoms. The molecule has 0 unspecified atom stereocenters. The van der Waals surface area contributed by atoms with Gasteiger partial charge in [-0.25, -0.2) is 0 Å². The summed E-state index contributed by atoms with van der Waals surface area (Å²) in [6.45, 7) is 0.562. The van der Waals surface area contributed by atoms with Gasteiger partial charge in [0.1, 0.15) is 0 Å². The van der Waals surface area contributed by atoms with Gasteiger partial charge in [0.15, 0.2) is 11.5 Å². The Labute approximate surface area is 137 Å². The van der Waals surface area contributed by atoms with Gasteiger partial charge >= 0.3 is 0 Å². The number of carbonyl (C=O) groups excluding carboxylic acids is 2. The highest BCUT2D eigenvalue weighted by molar-refractivity contribution is 7.10. The molecule has 0 saturated carbocycles. The van der Waals surface area contributed by atoms with Crippen LogP contribution in [0.1, 0.15) is 10.4 Å². The lowest BCUT2D eigenvalue weighted by atomic mass is 10.2. The molecule has 120 valence electrons. The zero-order valence-corrected chi connectivity index (χ0v) is 13.2.